The van der Waals surface area contributed by atoms with E-state index in [9.17, 15) is 9.59 Å². The lowest BCUT2D eigenvalue weighted by Crippen LogP contribution is -2.41. The molecule has 0 spiro atoms. The molecule has 7 nitrogen and oxygen atoms in total. The molecule has 1 aromatic carbocycles. The van der Waals surface area contributed by atoms with Gasteiger partial charge in [0.05, 0.1) is 21.8 Å². The summed E-state index contributed by atoms with van der Waals surface area (Å²) in [6.07, 6.45) is 4.61. The second-order valence-electron chi connectivity index (χ2n) is 9.13. The topological polar surface area (TPSA) is 88.9 Å². The number of nitrogens with one attached hydrogen (secondary N) is 2. The van der Waals surface area contributed by atoms with Gasteiger partial charge in [-0.05, 0) is 49.8 Å². The van der Waals surface area contributed by atoms with Crippen LogP contribution in [0, 0.1) is 11.8 Å². The molecule has 0 unspecified atom stereocenters. The number of amides is 2. The van der Waals surface area contributed by atoms with Gasteiger partial charge in [-0.2, -0.15) is 0 Å². The van der Waals surface area contributed by atoms with Crippen molar-refractivity contribution in [3.8, 4) is 0 Å². The highest BCUT2D eigenvalue weighted by molar-refractivity contribution is 7.99. The zero-order chi connectivity index (χ0) is 24.8. The SMILES string of the molecule is CCn1c(SCC(=O)N[C@@H]2CCCC[C@H]2C)nnc1[C@H](NC(=O)c1ccc(Cl)c(Cl)c1)C(C)C. The average Bonchev–Trinajstić information content (AvgIpc) is 3.21. The first kappa shape index (κ1) is 26.8. The Morgan fingerprint density at radius 3 is 2.56 bits per heavy atom. The smallest absolute Gasteiger partial charge is 0.251 e. The molecule has 1 heterocycles. The minimum atomic E-state index is -0.360. The van der Waals surface area contributed by atoms with E-state index in [1.54, 1.807) is 18.2 Å². The number of hydrogen-bond donors (Lipinski definition) is 2. The van der Waals surface area contributed by atoms with Gasteiger partial charge in [0, 0.05) is 18.2 Å². The highest BCUT2D eigenvalue weighted by Gasteiger charge is 2.27. The zero-order valence-electron chi connectivity index (χ0n) is 20.1. The first-order chi connectivity index (χ1) is 16.2. The molecular formula is C24H33Cl2N5O2S. The van der Waals surface area contributed by atoms with E-state index in [1.807, 2.05) is 25.3 Å². The number of carbonyl (C=O) groups is 2. The van der Waals surface area contributed by atoms with Crippen LogP contribution in [0.15, 0.2) is 23.4 Å². The van der Waals surface area contributed by atoms with Gasteiger partial charge in [-0.15, -0.1) is 10.2 Å². The predicted octanol–water partition coefficient (Wildman–Crippen LogP) is 5.52. The van der Waals surface area contributed by atoms with E-state index in [2.05, 4.69) is 27.8 Å². The van der Waals surface area contributed by atoms with Crippen LogP contribution >= 0.6 is 35.0 Å². The summed E-state index contributed by atoms with van der Waals surface area (Å²) in [5, 5.41) is 16.4. The molecule has 1 aromatic heterocycles. The Kier molecular flexibility index (Phi) is 9.68. The molecule has 1 aliphatic rings. The molecule has 1 aliphatic carbocycles. The standard InChI is InChI=1S/C24H33Cl2N5O2S/c1-5-31-22(21(14(2)3)28-23(33)16-10-11-17(25)18(26)12-16)29-30-24(31)34-13-20(32)27-19-9-7-6-8-15(19)4/h10-12,14-15,19,21H,5-9,13H2,1-4H3,(H,27,32)(H,28,33)/t15-,19-,21-/m1/s1. The lowest BCUT2D eigenvalue weighted by Gasteiger charge is -2.29. The Bertz CT molecular complexity index is 1010. The van der Waals surface area contributed by atoms with E-state index in [1.165, 1.54) is 24.6 Å². The normalized spacial score (nSPS) is 19.1. The Morgan fingerprint density at radius 2 is 1.91 bits per heavy atom. The predicted molar refractivity (Wildman–Crippen MR) is 137 cm³/mol. The van der Waals surface area contributed by atoms with Gasteiger partial charge in [-0.3, -0.25) is 9.59 Å². The summed E-state index contributed by atoms with van der Waals surface area (Å²) in [7, 11) is 0. The first-order valence-corrected chi connectivity index (χ1v) is 13.6. The summed E-state index contributed by atoms with van der Waals surface area (Å²) >= 11 is 13.4. The van der Waals surface area contributed by atoms with Gasteiger partial charge >= 0.3 is 0 Å². The number of nitrogens with zero attached hydrogens (tertiary/aromatic N) is 3. The number of benzene rings is 1. The van der Waals surface area contributed by atoms with Crippen molar-refractivity contribution in [1.29, 1.82) is 0 Å². The third-order valence-corrected chi connectivity index (χ3v) is 7.97. The van der Waals surface area contributed by atoms with Crippen molar-refractivity contribution in [2.45, 2.75) is 77.2 Å². The molecule has 2 aromatic rings. The summed E-state index contributed by atoms with van der Waals surface area (Å²) < 4.78 is 1.96. The quantitative estimate of drug-likeness (QED) is 0.420. The molecular weight excluding hydrogens is 493 g/mol. The largest absolute Gasteiger partial charge is 0.352 e. The average molecular weight is 527 g/mol. The molecule has 2 amide bonds. The highest BCUT2D eigenvalue weighted by Crippen LogP contribution is 2.28. The van der Waals surface area contributed by atoms with Crippen LogP contribution in [0.1, 0.15) is 75.6 Å². The number of hydrogen-bond acceptors (Lipinski definition) is 5. The number of carbonyl (C=O) groups excluding carboxylic acids is 2. The zero-order valence-corrected chi connectivity index (χ0v) is 22.4. The molecule has 1 saturated carbocycles. The molecule has 10 heteroatoms. The fourth-order valence-electron chi connectivity index (χ4n) is 4.23. The van der Waals surface area contributed by atoms with Crippen molar-refractivity contribution in [2.75, 3.05) is 5.75 Å². The second kappa shape index (κ2) is 12.3. The molecule has 0 saturated heterocycles. The second-order valence-corrected chi connectivity index (χ2v) is 10.9. The van der Waals surface area contributed by atoms with E-state index in [4.69, 9.17) is 23.2 Å². The van der Waals surface area contributed by atoms with Crippen LogP contribution in [-0.2, 0) is 11.3 Å². The van der Waals surface area contributed by atoms with Crippen LogP contribution in [0.25, 0.3) is 0 Å². The fourth-order valence-corrected chi connectivity index (χ4v) is 5.35. The van der Waals surface area contributed by atoms with Crippen molar-refractivity contribution in [2.24, 2.45) is 11.8 Å². The third-order valence-electron chi connectivity index (χ3n) is 6.27. The molecule has 2 N–H and O–H groups in total. The van der Waals surface area contributed by atoms with Crippen molar-refractivity contribution in [3.63, 3.8) is 0 Å². The van der Waals surface area contributed by atoms with Crippen molar-refractivity contribution >= 4 is 46.8 Å². The van der Waals surface area contributed by atoms with Gasteiger partial charge in [-0.25, -0.2) is 0 Å². The number of rotatable bonds is 9. The minimum absolute atomic E-state index is 0.0179. The summed E-state index contributed by atoms with van der Waals surface area (Å²) in [6, 6.07) is 4.68. The number of thioether (sulfide) groups is 1. The monoisotopic (exact) mass is 525 g/mol. The molecule has 0 bridgehead atoms. The van der Waals surface area contributed by atoms with Crippen LogP contribution in [0.5, 0.6) is 0 Å². The van der Waals surface area contributed by atoms with Crippen LogP contribution in [-0.4, -0.2) is 38.4 Å². The van der Waals surface area contributed by atoms with Gasteiger partial charge in [0.2, 0.25) is 5.91 Å². The summed E-state index contributed by atoms with van der Waals surface area (Å²) in [5.41, 5.74) is 0.422. The number of aromatic nitrogens is 3. The molecule has 0 radical (unpaired) electrons. The van der Waals surface area contributed by atoms with E-state index < -0.39 is 0 Å². The van der Waals surface area contributed by atoms with Gasteiger partial charge < -0.3 is 15.2 Å². The molecule has 0 aliphatic heterocycles. The Hall–Kier alpha value is -1.77. The molecule has 1 fully saturated rings. The third kappa shape index (κ3) is 6.67. The van der Waals surface area contributed by atoms with Crippen LogP contribution < -0.4 is 10.6 Å². The van der Waals surface area contributed by atoms with Crippen LogP contribution in [0.4, 0.5) is 0 Å². The first-order valence-electron chi connectivity index (χ1n) is 11.8. The summed E-state index contributed by atoms with van der Waals surface area (Å²) in [4.78, 5) is 25.5. The fraction of sp³-hybridized carbons (Fsp3) is 0.583. The molecule has 34 heavy (non-hydrogen) atoms. The van der Waals surface area contributed by atoms with Gasteiger partial charge in [-0.1, -0.05) is 68.6 Å². The summed E-state index contributed by atoms with van der Waals surface area (Å²) in [6.45, 7) is 8.85. The van der Waals surface area contributed by atoms with Crippen molar-refractivity contribution < 1.29 is 9.59 Å². The van der Waals surface area contributed by atoms with Crippen LogP contribution in [0.3, 0.4) is 0 Å². The molecule has 3 rings (SSSR count). The van der Waals surface area contributed by atoms with E-state index in [-0.39, 0.29) is 35.6 Å². The Morgan fingerprint density at radius 1 is 1.18 bits per heavy atom. The minimum Gasteiger partial charge on any atom is -0.352 e. The maximum atomic E-state index is 12.9. The highest BCUT2D eigenvalue weighted by atomic mass is 35.5. The number of halogens is 2. The van der Waals surface area contributed by atoms with E-state index in [0.717, 1.165) is 12.8 Å². The van der Waals surface area contributed by atoms with E-state index >= 15 is 0 Å². The van der Waals surface area contributed by atoms with Gasteiger partial charge in [0.15, 0.2) is 11.0 Å². The van der Waals surface area contributed by atoms with Gasteiger partial charge in [0.1, 0.15) is 0 Å². The Balaban J connectivity index is 1.69. The lowest BCUT2D eigenvalue weighted by molar-refractivity contribution is -0.119. The van der Waals surface area contributed by atoms with E-state index in [0.29, 0.717) is 39.1 Å². The molecule has 186 valence electrons. The maximum Gasteiger partial charge on any atom is 0.251 e. The maximum absolute atomic E-state index is 12.9. The van der Waals surface area contributed by atoms with Gasteiger partial charge in [0.25, 0.3) is 5.91 Å². The van der Waals surface area contributed by atoms with Crippen molar-refractivity contribution in [3.05, 3.63) is 39.6 Å². The van der Waals surface area contributed by atoms with Crippen LogP contribution in [0.2, 0.25) is 10.0 Å². The van der Waals surface area contributed by atoms with Crippen molar-refractivity contribution in [1.82, 2.24) is 25.4 Å². The summed E-state index contributed by atoms with van der Waals surface area (Å²) in [5.74, 6) is 1.27. The lowest BCUT2D eigenvalue weighted by atomic mass is 9.86. The Labute approximate surface area is 215 Å². The molecule has 3 atom stereocenters.